The van der Waals surface area contributed by atoms with Crippen LogP contribution in [0.5, 0.6) is 0 Å². The number of carbonyl (C=O) groups is 9. The van der Waals surface area contributed by atoms with Gasteiger partial charge in [0, 0.05) is 32.9 Å². The van der Waals surface area contributed by atoms with Gasteiger partial charge in [0.25, 0.3) is 5.91 Å². The molecule has 70 heavy (non-hydrogen) atoms. The van der Waals surface area contributed by atoms with E-state index in [0.717, 1.165) is 16.0 Å². The first-order chi connectivity index (χ1) is 32.9. The number of allylic oxidation sites excluding steroid dienone is 2. The second-order valence-corrected chi connectivity index (χ2v) is 18.0. The standard InChI is InChI=1S/C51H69N7O12/c1-28(2)42-49(65)53-37(22-21-29(3)25-30(4)40(70-10)27-36-19-15-12-16-20-36)31(5)44(60)54-38(50(66)67)23-24-41(59)58(9)34(8)47(63)52-33(7)46(62)55-39(26-35-17-13-11-14-18-35)48(64)57-43(51(68)69)32(6)45(61)56-42/h11-22,25,28,30-33,37-40,42-43H,8,23-24,26-27H2,1-7,9-10H3,(H,52,63)(H,53,65)(H,54,60)(H,55,62)(H,56,61)(H,57,64)(H,66,67)(H,68,69)/b22-21+,29-25+/t30-,31-,32-,33+,37?,38?,39-,40-,42-,43+/m0/s1. The van der Waals surface area contributed by atoms with E-state index < -0.39 is 126 Å². The van der Waals surface area contributed by atoms with E-state index in [2.05, 4.69) is 38.5 Å². The second kappa shape index (κ2) is 27.1. The Morgan fingerprint density at radius 1 is 0.757 bits per heavy atom. The lowest BCUT2D eigenvalue weighted by Gasteiger charge is -2.29. The Morgan fingerprint density at radius 2 is 1.34 bits per heavy atom. The molecule has 0 spiro atoms. The van der Waals surface area contributed by atoms with Crippen LogP contribution in [0.15, 0.2) is 96.7 Å². The summed E-state index contributed by atoms with van der Waals surface area (Å²) in [6, 6.07) is 9.59. The third-order valence-electron chi connectivity index (χ3n) is 12.2. The van der Waals surface area contributed by atoms with E-state index in [4.69, 9.17) is 4.74 Å². The smallest absolute Gasteiger partial charge is 0.327 e. The van der Waals surface area contributed by atoms with Crippen molar-refractivity contribution in [3.8, 4) is 0 Å². The van der Waals surface area contributed by atoms with E-state index in [0.29, 0.717) is 12.0 Å². The number of carboxylic acids is 2. The minimum atomic E-state index is -1.87. The molecule has 3 rings (SSSR count). The molecule has 1 heterocycles. The van der Waals surface area contributed by atoms with Gasteiger partial charge in [-0.2, -0.15) is 0 Å². The minimum Gasteiger partial charge on any atom is -0.480 e. The van der Waals surface area contributed by atoms with Crippen molar-refractivity contribution >= 4 is 53.3 Å². The zero-order valence-corrected chi connectivity index (χ0v) is 41.3. The molecule has 380 valence electrons. The number of hydrogen-bond acceptors (Lipinski definition) is 10. The summed E-state index contributed by atoms with van der Waals surface area (Å²) in [5, 5.41) is 35.6. The molecule has 1 aliphatic heterocycles. The molecule has 0 aromatic heterocycles. The zero-order valence-electron chi connectivity index (χ0n) is 41.3. The van der Waals surface area contributed by atoms with Gasteiger partial charge in [-0.1, -0.05) is 126 Å². The Balaban J connectivity index is 2.08. The highest BCUT2D eigenvalue weighted by atomic mass is 16.5. The van der Waals surface area contributed by atoms with Gasteiger partial charge in [0.1, 0.15) is 35.9 Å². The van der Waals surface area contributed by atoms with Crippen LogP contribution in [0.1, 0.15) is 72.4 Å². The number of carboxylic acid groups (broad SMARTS) is 2. The first kappa shape index (κ1) is 57.2. The number of benzene rings is 2. The van der Waals surface area contributed by atoms with Gasteiger partial charge in [0.05, 0.1) is 24.0 Å². The van der Waals surface area contributed by atoms with Crippen LogP contribution in [0, 0.1) is 23.7 Å². The number of amides is 7. The SMILES string of the molecule is C=C1C(=O)N[C@H](C)C(=O)N[C@@H](Cc2ccccc2)C(=O)N[C@@H](C(=O)O)[C@H](C)C(=O)N[C@@H](C(C)C)C(=O)NC(/C=C/C(C)=C/[C@H](C)[C@H](Cc2ccccc2)OC)[C@H](C)C(=O)NC(C(=O)O)CCC(=O)N1C. The fourth-order valence-corrected chi connectivity index (χ4v) is 7.55. The maximum atomic E-state index is 14.2. The van der Waals surface area contributed by atoms with E-state index in [9.17, 15) is 53.4 Å². The first-order valence-electron chi connectivity index (χ1n) is 23.2. The molecule has 0 radical (unpaired) electrons. The lowest BCUT2D eigenvalue weighted by molar-refractivity contribution is -0.146. The molecular formula is C51H69N7O12. The predicted octanol–water partition coefficient (Wildman–Crippen LogP) is 2.42. The molecule has 2 aromatic carbocycles. The summed E-state index contributed by atoms with van der Waals surface area (Å²) in [4.78, 5) is 122. The summed E-state index contributed by atoms with van der Waals surface area (Å²) in [7, 11) is 2.84. The maximum absolute atomic E-state index is 14.2. The molecule has 2 aromatic rings. The van der Waals surface area contributed by atoms with Crippen LogP contribution in [0.2, 0.25) is 0 Å². The fourth-order valence-electron chi connectivity index (χ4n) is 7.55. The van der Waals surface area contributed by atoms with E-state index in [1.165, 1.54) is 27.8 Å². The van der Waals surface area contributed by atoms with Crippen molar-refractivity contribution in [1.29, 1.82) is 0 Å². The van der Waals surface area contributed by atoms with Gasteiger partial charge in [-0.3, -0.25) is 33.6 Å². The summed E-state index contributed by atoms with van der Waals surface area (Å²) in [5.74, 6) is -12.5. The topological polar surface area (TPSA) is 279 Å². The van der Waals surface area contributed by atoms with Crippen molar-refractivity contribution < 1.29 is 58.1 Å². The molecule has 1 fully saturated rings. The largest absolute Gasteiger partial charge is 0.480 e. The quantitative estimate of drug-likeness (QED) is 0.113. The molecule has 0 aliphatic carbocycles. The maximum Gasteiger partial charge on any atom is 0.327 e. The molecule has 0 bridgehead atoms. The van der Waals surface area contributed by atoms with Crippen LogP contribution >= 0.6 is 0 Å². The fraction of sp³-hybridized carbons (Fsp3) is 0.471. The normalized spacial score (nSPS) is 25.6. The number of ether oxygens (including phenoxy) is 1. The minimum absolute atomic E-state index is 0.0977. The van der Waals surface area contributed by atoms with Crippen LogP contribution in [0.3, 0.4) is 0 Å². The molecule has 10 atom stereocenters. The molecule has 1 aliphatic rings. The second-order valence-electron chi connectivity index (χ2n) is 18.0. The van der Waals surface area contributed by atoms with E-state index in [-0.39, 0.29) is 18.4 Å². The Bertz CT molecular complexity index is 2270. The number of nitrogens with zero attached hydrogens (tertiary/aromatic N) is 1. The monoisotopic (exact) mass is 972 g/mol. The third kappa shape index (κ3) is 17.1. The van der Waals surface area contributed by atoms with Gasteiger partial charge in [0.2, 0.25) is 35.4 Å². The summed E-state index contributed by atoms with van der Waals surface area (Å²) < 4.78 is 5.81. The molecule has 7 amide bonds. The number of hydrogen-bond donors (Lipinski definition) is 8. The van der Waals surface area contributed by atoms with Gasteiger partial charge in [-0.25, -0.2) is 9.59 Å². The van der Waals surface area contributed by atoms with Gasteiger partial charge in [-0.15, -0.1) is 0 Å². The number of carbonyl (C=O) groups excluding carboxylic acids is 7. The van der Waals surface area contributed by atoms with Crippen LogP contribution in [0.4, 0.5) is 0 Å². The van der Waals surface area contributed by atoms with Crippen molar-refractivity contribution in [3.05, 3.63) is 108 Å². The molecule has 19 heteroatoms. The van der Waals surface area contributed by atoms with E-state index in [1.807, 2.05) is 50.3 Å². The number of rotatable bonds is 12. The first-order valence-corrected chi connectivity index (χ1v) is 23.2. The summed E-state index contributed by atoms with van der Waals surface area (Å²) >= 11 is 0. The van der Waals surface area contributed by atoms with Crippen LogP contribution in [-0.2, 0) is 60.7 Å². The Kier molecular flexibility index (Phi) is 22.2. The summed E-state index contributed by atoms with van der Waals surface area (Å²) in [6.07, 6.45) is 4.61. The number of likely N-dealkylation sites (N-methyl/N-ethyl adjacent to an activating group) is 1. The highest BCUT2D eigenvalue weighted by Gasteiger charge is 2.38. The summed E-state index contributed by atoms with van der Waals surface area (Å²) in [5.41, 5.74) is 1.98. The van der Waals surface area contributed by atoms with Gasteiger partial charge < -0.3 is 51.8 Å². The van der Waals surface area contributed by atoms with Crippen molar-refractivity contribution in [3.63, 3.8) is 0 Å². The van der Waals surface area contributed by atoms with Crippen LogP contribution in [0.25, 0.3) is 0 Å². The lowest BCUT2D eigenvalue weighted by atomic mass is 9.94. The molecule has 19 nitrogen and oxygen atoms in total. The van der Waals surface area contributed by atoms with Gasteiger partial charge in [0.15, 0.2) is 0 Å². The molecule has 8 N–H and O–H groups in total. The molecule has 2 unspecified atom stereocenters. The molecule has 0 saturated carbocycles. The number of methoxy groups -OCH3 is 1. The summed E-state index contributed by atoms with van der Waals surface area (Å²) in [6.45, 7) is 14.7. The highest BCUT2D eigenvalue weighted by molar-refractivity contribution is 6.00. The van der Waals surface area contributed by atoms with Crippen molar-refractivity contribution in [2.75, 3.05) is 14.2 Å². The van der Waals surface area contributed by atoms with Crippen LogP contribution < -0.4 is 31.9 Å². The highest BCUT2D eigenvalue weighted by Crippen LogP contribution is 2.19. The zero-order chi connectivity index (χ0) is 52.4. The average molecular weight is 972 g/mol. The molecule has 1 saturated heterocycles. The van der Waals surface area contributed by atoms with Gasteiger partial charge >= 0.3 is 11.9 Å². The average Bonchev–Trinajstić information content (AvgIpc) is 3.32. The lowest BCUT2D eigenvalue weighted by Crippen LogP contribution is -2.59. The Morgan fingerprint density at radius 3 is 1.90 bits per heavy atom. The van der Waals surface area contributed by atoms with Crippen LogP contribution in [-0.4, -0.2) is 125 Å². The van der Waals surface area contributed by atoms with E-state index in [1.54, 1.807) is 63.4 Å². The Hall–Kier alpha value is -7.15. The number of aliphatic carboxylic acids is 2. The van der Waals surface area contributed by atoms with Crippen molar-refractivity contribution in [2.24, 2.45) is 23.7 Å². The van der Waals surface area contributed by atoms with Gasteiger partial charge in [-0.05, 0) is 43.7 Å². The van der Waals surface area contributed by atoms with Crippen molar-refractivity contribution in [2.45, 2.75) is 117 Å². The Labute approximate surface area is 409 Å². The predicted molar refractivity (Wildman–Crippen MR) is 260 cm³/mol. The van der Waals surface area contributed by atoms with Crippen molar-refractivity contribution in [1.82, 2.24) is 36.8 Å². The molecular weight excluding hydrogens is 903 g/mol. The van der Waals surface area contributed by atoms with E-state index >= 15 is 0 Å². The number of nitrogens with one attached hydrogen (secondary N) is 6. The third-order valence-corrected chi connectivity index (χ3v) is 12.2.